The van der Waals surface area contributed by atoms with Crippen molar-refractivity contribution in [3.63, 3.8) is 0 Å². The Balaban J connectivity index is 0.000000279. The van der Waals surface area contributed by atoms with Gasteiger partial charge in [0.15, 0.2) is 0 Å². The average Bonchev–Trinajstić information content (AvgIpc) is 3.28. The van der Waals surface area contributed by atoms with Crippen LogP contribution in [0.25, 0.3) is 0 Å². The molecule has 0 aliphatic heterocycles. The molecule has 36 heavy (non-hydrogen) atoms. The highest BCUT2D eigenvalue weighted by atomic mass is 32.1. The lowest BCUT2D eigenvalue weighted by atomic mass is 9.77. The Kier molecular flexibility index (Phi) is 10.8. The maximum atomic E-state index is 4.35. The minimum Gasteiger partial charge on any atom is -0.261 e. The minimum absolute atomic E-state index is 0.214. The molecule has 0 fully saturated rings. The molecule has 0 saturated heterocycles. The molecule has 3 aromatic rings. The summed E-state index contributed by atoms with van der Waals surface area (Å²) in [6.07, 6.45) is 1.97. The van der Waals surface area contributed by atoms with Crippen molar-refractivity contribution in [1.29, 1.82) is 0 Å². The zero-order valence-corrected chi connectivity index (χ0v) is 27.1. The molecule has 2 heteroatoms. The van der Waals surface area contributed by atoms with E-state index in [2.05, 4.69) is 132 Å². The normalized spacial score (nSPS) is 11.9. The van der Waals surface area contributed by atoms with E-state index in [0.29, 0.717) is 5.41 Å². The van der Waals surface area contributed by atoms with Crippen molar-refractivity contribution in [3.05, 3.63) is 84.9 Å². The molecule has 2 heterocycles. The third kappa shape index (κ3) is 8.58. The van der Waals surface area contributed by atoms with Crippen LogP contribution in [0.2, 0.25) is 0 Å². The quantitative estimate of drug-likeness (QED) is 0.295. The molecule has 0 aliphatic carbocycles. The molecule has 0 unspecified atom stereocenters. The summed E-state index contributed by atoms with van der Waals surface area (Å²) in [5, 5.41) is 2.13. The molecule has 0 saturated carbocycles. The Hall–Kier alpha value is -1.93. The van der Waals surface area contributed by atoms with Gasteiger partial charge in [0.25, 0.3) is 0 Å². The van der Waals surface area contributed by atoms with Crippen molar-refractivity contribution in [2.24, 2.45) is 0 Å². The first kappa shape index (κ1) is 32.1. The molecule has 1 aromatic carbocycles. The van der Waals surface area contributed by atoms with E-state index in [-0.39, 0.29) is 10.8 Å². The van der Waals surface area contributed by atoms with E-state index >= 15 is 0 Å². The monoisotopic (exact) mass is 507 g/mol. The van der Waals surface area contributed by atoms with Gasteiger partial charge in [-0.25, -0.2) is 0 Å². The summed E-state index contributed by atoms with van der Waals surface area (Å²) in [6, 6.07) is 6.51. The van der Waals surface area contributed by atoms with E-state index in [1.807, 2.05) is 24.5 Å². The number of aryl methyl sites for hydroxylation is 2. The van der Waals surface area contributed by atoms with Gasteiger partial charge in [-0.1, -0.05) is 74.4 Å². The Morgan fingerprint density at radius 2 is 1.08 bits per heavy atom. The first-order chi connectivity index (χ1) is 16.2. The van der Waals surface area contributed by atoms with Gasteiger partial charge in [0.05, 0.1) is 0 Å². The van der Waals surface area contributed by atoms with E-state index in [4.69, 9.17) is 0 Å². The Morgan fingerprint density at radius 3 is 1.39 bits per heavy atom. The van der Waals surface area contributed by atoms with Crippen LogP contribution in [0.1, 0.15) is 117 Å². The molecule has 3 rings (SSSR count). The molecule has 0 atom stereocenters. The Labute approximate surface area is 227 Å². The molecule has 200 valence electrons. The highest BCUT2D eigenvalue weighted by Crippen LogP contribution is 2.34. The van der Waals surface area contributed by atoms with Crippen molar-refractivity contribution >= 4 is 11.3 Å². The molecule has 0 radical (unpaired) electrons. The fourth-order valence-electron chi connectivity index (χ4n) is 4.38. The molecule has 0 bridgehead atoms. The molecule has 2 aromatic heterocycles. The van der Waals surface area contributed by atoms with Crippen LogP contribution in [-0.2, 0) is 16.2 Å². The third-order valence-electron chi connectivity index (χ3n) is 7.22. The lowest BCUT2D eigenvalue weighted by Crippen LogP contribution is -2.17. The van der Waals surface area contributed by atoms with E-state index in [0.717, 1.165) is 5.69 Å². The topological polar surface area (TPSA) is 12.9 Å². The van der Waals surface area contributed by atoms with Crippen molar-refractivity contribution < 1.29 is 0 Å². The minimum atomic E-state index is 0.214. The standard InChI is InChI=1S/C15H24.C11H17N.C8H12S/c1-9-10(2)12(4)14(15(6,7)8)13(5)11(9)3;1-8-6-10(11(3,4)5)7-12-9(8)2;1-8(2,3)7-5-4-6-9-7/h1-8H3;6-7H,1-5H3;4-6H,1-3H3. The molecule has 0 spiro atoms. The first-order valence-electron chi connectivity index (χ1n) is 13.2. The van der Waals surface area contributed by atoms with E-state index in [9.17, 15) is 0 Å². The number of thiophene rings is 1. The second kappa shape index (κ2) is 12.1. The molecular weight excluding hydrogens is 454 g/mol. The van der Waals surface area contributed by atoms with E-state index in [1.165, 1.54) is 49.4 Å². The van der Waals surface area contributed by atoms with Crippen LogP contribution in [-0.4, -0.2) is 4.98 Å². The van der Waals surface area contributed by atoms with Crippen molar-refractivity contribution in [1.82, 2.24) is 4.98 Å². The van der Waals surface area contributed by atoms with Gasteiger partial charge < -0.3 is 0 Å². The highest BCUT2D eigenvalue weighted by molar-refractivity contribution is 7.10. The molecular formula is C34H53NS. The number of benzene rings is 1. The van der Waals surface area contributed by atoms with Gasteiger partial charge in [-0.2, -0.15) is 0 Å². The summed E-state index contributed by atoms with van der Waals surface area (Å²) in [6.45, 7) is 35.6. The van der Waals surface area contributed by atoms with Crippen LogP contribution in [0.4, 0.5) is 0 Å². The van der Waals surface area contributed by atoms with Gasteiger partial charge in [-0.3, -0.25) is 4.98 Å². The predicted octanol–water partition coefficient (Wildman–Crippen LogP) is 10.6. The van der Waals surface area contributed by atoms with Crippen molar-refractivity contribution in [2.75, 3.05) is 0 Å². The summed E-state index contributed by atoms with van der Waals surface area (Å²) >= 11 is 1.83. The van der Waals surface area contributed by atoms with Crippen LogP contribution >= 0.6 is 11.3 Å². The Morgan fingerprint density at radius 1 is 0.611 bits per heavy atom. The molecule has 0 aliphatic rings. The zero-order valence-electron chi connectivity index (χ0n) is 26.2. The summed E-state index contributed by atoms with van der Waals surface area (Å²) in [7, 11) is 0. The van der Waals surface area contributed by atoms with Crippen molar-refractivity contribution in [3.8, 4) is 0 Å². The highest BCUT2D eigenvalue weighted by Gasteiger charge is 2.22. The summed E-state index contributed by atoms with van der Waals surface area (Å²) in [5.41, 5.74) is 13.4. The number of aromatic nitrogens is 1. The zero-order chi connectivity index (χ0) is 28.2. The second-order valence-electron chi connectivity index (χ2n) is 13.4. The van der Waals surface area contributed by atoms with Gasteiger partial charge in [-0.05, 0) is 121 Å². The molecule has 0 N–H and O–H groups in total. The van der Waals surface area contributed by atoms with E-state index in [1.54, 1.807) is 0 Å². The van der Waals surface area contributed by atoms with E-state index < -0.39 is 0 Å². The first-order valence-corrected chi connectivity index (χ1v) is 14.1. The molecule has 0 amide bonds. The SMILES string of the molecule is CC(C)(C)c1cccs1.Cc1c(C)c(C)c(C(C)(C)C)c(C)c1C.Cc1cc(C(C)(C)C)cnc1C. The van der Waals surface area contributed by atoms with Crippen LogP contribution in [0.15, 0.2) is 29.8 Å². The number of nitrogens with zero attached hydrogens (tertiary/aromatic N) is 1. The van der Waals surface area contributed by atoms with Gasteiger partial charge in [0.2, 0.25) is 0 Å². The van der Waals surface area contributed by atoms with Crippen LogP contribution in [0, 0.1) is 48.5 Å². The number of hydrogen-bond acceptors (Lipinski definition) is 2. The van der Waals surface area contributed by atoms with Gasteiger partial charge in [-0.15, -0.1) is 11.3 Å². The summed E-state index contributed by atoms with van der Waals surface area (Å²) in [4.78, 5) is 5.81. The fourth-order valence-corrected chi connectivity index (χ4v) is 5.20. The average molecular weight is 508 g/mol. The largest absolute Gasteiger partial charge is 0.261 e. The molecule has 1 nitrogen and oxygen atoms in total. The van der Waals surface area contributed by atoms with Gasteiger partial charge in [0.1, 0.15) is 0 Å². The number of pyridine rings is 1. The van der Waals surface area contributed by atoms with Crippen LogP contribution in [0.5, 0.6) is 0 Å². The smallest absolute Gasteiger partial charge is 0.0401 e. The fraction of sp³-hybridized carbons (Fsp3) is 0.559. The summed E-state index contributed by atoms with van der Waals surface area (Å²) < 4.78 is 0. The maximum Gasteiger partial charge on any atom is 0.0401 e. The lowest BCUT2D eigenvalue weighted by molar-refractivity contribution is 0.580. The maximum absolute atomic E-state index is 4.35. The van der Waals surface area contributed by atoms with Gasteiger partial charge >= 0.3 is 0 Å². The summed E-state index contributed by atoms with van der Waals surface area (Å²) in [5.74, 6) is 0. The van der Waals surface area contributed by atoms with Crippen LogP contribution < -0.4 is 0 Å². The number of hydrogen-bond donors (Lipinski definition) is 0. The number of rotatable bonds is 0. The lowest BCUT2D eigenvalue weighted by Gasteiger charge is -2.28. The Bertz CT molecular complexity index is 1100. The van der Waals surface area contributed by atoms with Crippen molar-refractivity contribution in [2.45, 2.75) is 127 Å². The predicted molar refractivity (Wildman–Crippen MR) is 164 cm³/mol. The third-order valence-corrected chi connectivity index (χ3v) is 8.51. The van der Waals surface area contributed by atoms with Crippen LogP contribution in [0.3, 0.4) is 0 Å². The second-order valence-corrected chi connectivity index (χ2v) is 14.3. The van der Waals surface area contributed by atoms with Gasteiger partial charge in [0, 0.05) is 16.8 Å².